The van der Waals surface area contributed by atoms with Crippen LogP contribution in [0.2, 0.25) is 0 Å². The zero-order chi connectivity index (χ0) is 12.5. The molecular weight excluding hydrogens is 226 g/mol. The fourth-order valence-corrected chi connectivity index (χ4v) is 3.22. The van der Waals surface area contributed by atoms with Gasteiger partial charge in [0.25, 0.3) is 0 Å². The van der Waals surface area contributed by atoms with Crippen LogP contribution in [0.15, 0.2) is 6.20 Å². The van der Waals surface area contributed by atoms with E-state index in [0.29, 0.717) is 6.04 Å². The van der Waals surface area contributed by atoms with Crippen molar-refractivity contribution in [1.82, 2.24) is 9.88 Å². The van der Waals surface area contributed by atoms with E-state index in [1.807, 2.05) is 6.20 Å². The molecule has 0 spiro atoms. The molecule has 0 aromatic carbocycles. The molecular formula is C14H21N3O. The molecule has 2 aliphatic rings. The average Bonchev–Trinajstić information content (AvgIpc) is 2.83. The number of rotatable bonds is 2. The lowest BCUT2D eigenvalue weighted by atomic mass is 9.94. The molecule has 1 fully saturated rings. The molecule has 0 amide bonds. The SMILES string of the molecule is COc1ncc([C@@H]2CCCN2C)c2c1NCCC2. The monoisotopic (exact) mass is 247 g/mol. The Bertz CT molecular complexity index is 447. The maximum atomic E-state index is 5.37. The van der Waals surface area contributed by atoms with Crippen LogP contribution in [0.25, 0.3) is 0 Å². The molecule has 0 aliphatic carbocycles. The summed E-state index contributed by atoms with van der Waals surface area (Å²) in [4.78, 5) is 6.92. The number of aromatic nitrogens is 1. The molecule has 1 atom stereocenters. The summed E-state index contributed by atoms with van der Waals surface area (Å²) in [6.07, 6.45) is 6.90. The Hall–Kier alpha value is -1.29. The van der Waals surface area contributed by atoms with Crippen molar-refractivity contribution in [3.8, 4) is 5.88 Å². The van der Waals surface area contributed by atoms with Gasteiger partial charge in [0.2, 0.25) is 5.88 Å². The zero-order valence-electron chi connectivity index (χ0n) is 11.2. The van der Waals surface area contributed by atoms with Crippen molar-refractivity contribution < 1.29 is 4.74 Å². The topological polar surface area (TPSA) is 37.4 Å². The largest absolute Gasteiger partial charge is 0.480 e. The number of methoxy groups -OCH3 is 1. The molecule has 0 radical (unpaired) electrons. The van der Waals surface area contributed by atoms with Crippen LogP contribution in [-0.4, -0.2) is 37.1 Å². The normalized spacial score (nSPS) is 23.6. The average molecular weight is 247 g/mol. The number of ether oxygens (including phenoxy) is 1. The first-order valence-electron chi connectivity index (χ1n) is 6.81. The minimum atomic E-state index is 0.539. The van der Waals surface area contributed by atoms with Gasteiger partial charge < -0.3 is 10.1 Å². The van der Waals surface area contributed by atoms with Gasteiger partial charge in [-0.15, -0.1) is 0 Å². The summed E-state index contributed by atoms with van der Waals surface area (Å²) in [5.41, 5.74) is 3.95. The van der Waals surface area contributed by atoms with Gasteiger partial charge in [0.1, 0.15) is 5.69 Å². The molecule has 0 saturated carbocycles. The first kappa shape index (κ1) is 11.8. The minimum absolute atomic E-state index is 0.539. The second kappa shape index (κ2) is 4.76. The van der Waals surface area contributed by atoms with Crippen molar-refractivity contribution in [3.05, 3.63) is 17.3 Å². The maximum Gasteiger partial charge on any atom is 0.237 e. The molecule has 98 valence electrons. The van der Waals surface area contributed by atoms with Gasteiger partial charge in [-0.1, -0.05) is 0 Å². The summed E-state index contributed by atoms with van der Waals surface area (Å²) in [7, 11) is 3.91. The van der Waals surface area contributed by atoms with E-state index in [4.69, 9.17) is 4.74 Å². The standard InChI is InChI=1S/C14H21N3O/c1-17-8-4-6-12(17)11-9-16-14(18-2)13-10(11)5-3-7-15-13/h9,12,15H,3-8H2,1-2H3/t12-/m0/s1. The number of anilines is 1. The number of pyridine rings is 1. The Kier molecular flexibility index (Phi) is 3.12. The van der Waals surface area contributed by atoms with Crippen LogP contribution < -0.4 is 10.1 Å². The van der Waals surface area contributed by atoms with Gasteiger partial charge in [0.15, 0.2) is 0 Å². The van der Waals surface area contributed by atoms with Crippen molar-refractivity contribution in [2.24, 2.45) is 0 Å². The highest BCUT2D eigenvalue weighted by Crippen LogP contribution is 2.39. The maximum absolute atomic E-state index is 5.37. The van der Waals surface area contributed by atoms with Crippen LogP contribution in [0.3, 0.4) is 0 Å². The summed E-state index contributed by atoms with van der Waals surface area (Å²) < 4.78 is 5.37. The Morgan fingerprint density at radius 2 is 2.33 bits per heavy atom. The van der Waals surface area contributed by atoms with Gasteiger partial charge in [-0.25, -0.2) is 4.98 Å². The fraction of sp³-hybridized carbons (Fsp3) is 0.643. The molecule has 1 aromatic rings. The van der Waals surface area contributed by atoms with Crippen molar-refractivity contribution in [1.29, 1.82) is 0 Å². The molecule has 2 aliphatic heterocycles. The van der Waals surface area contributed by atoms with Gasteiger partial charge in [-0.3, -0.25) is 4.90 Å². The lowest BCUT2D eigenvalue weighted by Crippen LogP contribution is -2.22. The lowest BCUT2D eigenvalue weighted by Gasteiger charge is -2.27. The summed E-state index contributed by atoms with van der Waals surface area (Å²) in [5, 5.41) is 3.45. The van der Waals surface area contributed by atoms with Gasteiger partial charge in [0.05, 0.1) is 7.11 Å². The number of nitrogens with zero attached hydrogens (tertiary/aromatic N) is 2. The third-order valence-electron chi connectivity index (χ3n) is 4.16. The van der Waals surface area contributed by atoms with E-state index in [0.717, 1.165) is 24.5 Å². The summed E-state index contributed by atoms with van der Waals surface area (Å²) in [5.74, 6) is 0.745. The second-order valence-corrected chi connectivity index (χ2v) is 5.25. The summed E-state index contributed by atoms with van der Waals surface area (Å²) in [6, 6.07) is 0.539. The predicted molar refractivity (Wildman–Crippen MR) is 72.2 cm³/mol. The molecule has 3 heterocycles. The quantitative estimate of drug-likeness (QED) is 0.869. The Morgan fingerprint density at radius 1 is 1.44 bits per heavy atom. The van der Waals surface area contributed by atoms with Crippen LogP contribution in [0, 0.1) is 0 Å². The fourth-order valence-electron chi connectivity index (χ4n) is 3.22. The Morgan fingerprint density at radius 3 is 3.06 bits per heavy atom. The van der Waals surface area contributed by atoms with E-state index < -0.39 is 0 Å². The molecule has 1 saturated heterocycles. The highest BCUT2D eigenvalue weighted by atomic mass is 16.5. The van der Waals surface area contributed by atoms with Crippen molar-refractivity contribution in [2.45, 2.75) is 31.7 Å². The molecule has 1 aromatic heterocycles. The lowest BCUT2D eigenvalue weighted by molar-refractivity contribution is 0.314. The van der Waals surface area contributed by atoms with Crippen molar-refractivity contribution in [2.75, 3.05) is 32.6 Å². The smallest absolute Gasteiger partial charge is 0.237 e. The van der Waals surface area contributed by atoms with Gasteiger partial charge in [0, 0.05) is 18.8 Å². The van der Waals surface area contributed by atoms with E-state index >= 15 is 0 Å². The van der Waals surface area contributed by atoms with Gasteiger partial charge >= 0.3 is 0 Å². The van der Waals surface area contributed by atoms with Crippen LogP contribution in [0.5, 0.6) is 5.88 Å². The highest BCUT2D eigenvalue weighted by Gasteiger charge is 2.28. The van der Waals surface area contributed by atoms with Crippen molar-refractivity contribution in [3.63, 3.8) is 0 Å². The number of hydrogen-bond acceptors (Lipinski definition) is 4. The number of hydrogen-bond donors (Lipinski definition) is 1. The number of likely N-dealkylation sites (tertiary alicyclic amines) is 1. The molecule has 3 rings (SSSR count). The Labute approximate surface area is 108 Å². The first-order chi connectivity index (χ1) is 8.81. The molecule has 18 heavy (non-hydrogen) atoms. The van der Waals surface area contributed by atoms with Crippen LogP contribution in [0.1, 0.15) is 36.4 Å². The molecule has 0 unspecified atom stereocenters. The highest BCUT2D eigenvalue weighted by molar-refractivity contribution is 5.63. The minimum Gasteiger partial charge on any atom is -0.480 e. The Balaban J connectivity index is 2.04. The second-order valence-electron chi connectivity index (χ2n) is 5.25. The third kappa shape index (κ3) is 1.85. The van der Waals surface area contributed by atoms with E-state index in [2.05, 4.69) is 22.2 Å². The van der Waals surface area contributed by atoms with Crippen LogP contribution >= 0.6 is 0 Å². The number of nitrogens with one attached hydrogen (secondary N) is 1. The first-order valence-corrected chi connectivity index (χ1v) is 6.81. The zero-order valence-corrected chi connectivity index (χ0v) is 11.2. The van der Waals surface area contributed by atoms with Crippen LogP contribution in [0.4, 0.5) is 5.69 Å². The summed E-state index contributed by atoms with van der Waals surface area (Å²) in [6.45, 7) is 2.22. The van der Waals surface area contributed by atoms with E-state index in [9.17, 15) is 0 Å². The van der Waals surface area contributed by atoms with Gasteiger partial charge in [-0.2, -0.15) is 0 Å². The third-order valence-corrected chi connectivity index (χ3v) is 4.16. The molecule has 4 heteroatoms. The van der Waals surface area contributed by atoms with Crippen LogP contribution in [-0.2, 0) is 6.42 Å². The van der Waals surface area contributed by atoms with Crippen molar-refractivity contribution >= 4 is 5.69 Å². The van der Waals surface area contributed by atoms with E-state index in [1.54, 1.807) is 7.11 Å². The number of fused-ring (bicyclic) bond motifs is 1. The predicted octanol–water partition coefficient (Wildman–Crippen LogP) is 2.21. The van der Waals surface area contributed by atoms with Gasteiger partial charge in [-0.05, 0) is 50.4 Å². The van der Waals surface area contributed by atoms with E-state index in [-0.39, 0.29) is 0 Å². The summed E-state index contributed by atoms with van der Waals surface area (Å²) >= 11 is 0. The molecule has 4 nitrogen and oxygen atoms in total. The van der Waals surface area contributed by atoms with E-state index in [1.165, 1.54) is 36.9 Å². The molecule has 1 N–H and O–H groups in total. The molecule has 0 bridgehead atoms.